The summed E-state index contributed by atoms with van der Waals surface area (Å²) in [5.41, 5.74) is 1.60. The van der Waals surface area contributed by atoms with Gasteiger partial charge in [-0.3, -0.25) is 14.7 Å². The minimum atomic E-state index is -0.566. The standard InChI is InChI=1S/C26H36N4O3/c1-26(2,3)33-25(32)30(20-22-12-7-14-27-18-22)17-9-15-28-24(31)23-13-8-16-29(23)19-21-10-5-4-6-11-21/h4-7,10-12,14,18,23H,8-9,13,15-17,19-20H2,1-3H3,(H,28,31). The summed E-state index contributed by atoms with van der Waals surface area (Å²) < 4.78 is 5.57. The van der Waals surface area contributed by atoms with Crippen LogP contribution in [0.2, 0.25) is 0 Å². The highest BCUT2D eigenvalue weighted by Gasteiger charge is 2.30. The van der Waals surface area contributed by atoms with Crippen LogP contribution < -0.4 is 5.32 Å². The van der Waals surface area contributed by atoms with Crippen LogP contribution in [0.3, 0.4) is 0 Å². The first-order valence-electron chi connectivity index (χ1n) is 11.7. The number of rotatable bonds is 9. The van der Waals surface area contributed by atoms with E-state index < -0.39 is 5.60 Å². The fraction of sp³-hybridized carbons (Fsp3) is 0.500. The third kappa shape index (κ3) is 8.17. The molecule has 2 aromatic rings. The zero-order valence-corrected chi connectivity index (χ0v) is 20.0. The number of hydrogen-bond donors (Lipinski definition) is 1. The number of pyridine rings is 1. The van der Waals surface area contributed by atoms with Crippen molar-refractivity contribution in [2.45, 2.75) is 64.8 Å². The van der Waals surface area contributed by atoms with E-state index in [-0.39, 0.29) is 18.0 Å². The fourth-order valence-electron chi connectivity index (χ4n) is 4.00. The van der Waals surface area contributed by atoms with Gasteiger partial charge in [0.25, 0.3) is 0 Å². The third-order valence-electron chi connectivity index (χ3n) is 5.55. The third-order valence-corrected chi connectivity index (χ3v) is 5.55. The molecule has 1 saturated heterocycles. The molecule has 2 amide bonds. The molecule has 1 fully saturated rings. The second-order valence-electron chi connectivity index (χ2n) is 9.52. The number of ether oxygens (including phenoxy) is 1. The lowest BCUT2D eigenvalue weighted by Crippen LogP contribution is -2.44. The van der Waals surface area contributed by atoms with E-state index in [9.17, 15) is 9.59 Å². The van der Waals surface area contributed by atoms with Crippen molar-refractivity contribution in [1.29, 1.82) is 0 Å². The monoisotopic (exact) mass is 452 g/mol. The first-order chi connectivity index (χ1) is 15.8. The van der Waals surface area contributed by atoms with Crippen molar-refractivity contribution in [2.75, 3.05) is 19.6 Å². The molecule has 7 heteroatoms. The SMILES string of the molecule is CC(C)(C)OC(=O)N(CCCNC(=O)C1CCCN1Cc1ccccc1)Cc1cccnc1. The lowest BCUT2D eigenvalue weighted by atomic mass is 10.1. The number of nitrogens with one attached hydrogen (secondary N) is 1. The van der Waals surface area contributed by atoms with Gasteiger partial charge in [-0.05, 0) is 63.8 Å². The largest absolute Gasteiger partial charge is 0.444 e. The van der Waals surface area contributed by atoms with Crippen LogP contribution in [0.15, 0.2) is 54.9 Å². The molecule has 2 heterocycles. The van der Waals surface area contributed by atoms with Gasteiger partial charge in [0.15, 0.2) is 0 Å². The summed E-state index contributed by atoms with van der Waals surface area (Å²) in [6.07, 6.45) is 5.66. The number of likely N-dealkylation sites (tertiary alicyclic amines) is 1. The second kappa shape index (κ2) is 11.8. The van der Waals surface area contributed by atoms with Gasteiger partial charge < -0.3 is 15.0 Å². The summed E-state index contributed by atoms with van der Waals surface area (Å²) in [6.45, 7) is 8.72. The van der Waals surface area contributed by atoms with Gasteiger partial charge in [-0.15, -0.1) is 0 Å². The van der Waals surface area contributed by atoms with Crippen molar-refractivity contribution in [2.24, 2.45) is 0 Å². The average Bonchev–Trinajstić information content (AvgIpc) is 3.24. The van der Waals surface area contributed by atoms with Gasteiger partial charge in [0.1, 0.15) is 5.60 Å². The average molecular weight is 453 g/mol. The molecule has 0 saturated carbocycles. The van der Waals surface area contributed by atoms with Crippen LogP contribution in [-0.2, 0) is 22.6 Å². The van der Waals surface area contributed by atoms with E-state index in [1.165, 1.54) is 5.56 Å². The lowest BCUT2D eigenvalue weighted by molar-refractivity contribution is -0.125. The molecule has 0 bridgehead atoms. The van der Waals surface area contributed by atoms with Gasteiger partial charge in [-0.1, -0.05) is 36.4 Å². The Hall–Kier alpha value is -2.93. The Kier molecular flexibility index (Phi) is 8.83. The van der Waals surface area contributed by atoms with Gasteiger partial charge in [0, 0.05) is 32.0 Å². The summed E-state index contributed by atoms with van der Waals surface area (Å²) in [4.78, 5) is 33.6. The van der Waals surface area contributed by atoms with E-state index in [2.05, 4.69) is 27.3 Å². The molecule has 1 aliphatic heterocycles. The van der Waals surface area contributed by atoms with E-state index in [1.807, 2.05) is 51.1 Å². The maximum absolute atomic E-state index is 12.8. The smallest absolute Gasteiger partial charge is 0.410 e. The van der Waals surface area contributed by atoms with Gasteiger partial charge >= 0.3 is 6.09 Å². The van der Waals surface area contributed by atoms with E-state index in [0.29, 0.717) is 26.1 Å². The highest BCUT2D eigenvalue weighted by Crippen LogP contribution is 2.20. The molecule has 1 aromatic carbocycles. The summed E-state index contributed by atoms with van der Waals surface area (Å²) >= 11 is 0. The molecule has 33 heavy (non-hydrogen) atoms. The molecule has 0 spiro atoms. The fourth-order valence-corrected chi connectivity index (χ4v) is 4.00. The highest BCUT2D eigenvalue weighted by molar-refractivity contribution is 5.82. The summed E-state index contributed by atoms with van der Waals surface area (Å²) in [5, 5.41) is 3.08. The van der Waals surface area contributed by atoms with Crippen LogP contribution in [0.25, 0.3) is 0 Å². The molecular formula is C26H36N4O3. The Labute approximate surface area is 197 Å². The van der Waals surface area contributed by atoms with Gasteiger partial charge in [-0.25, -0.2) is 4.79 Å². The zero-order chi connectivity index (χ0) is 23.7. The molecule has 1 atom stereocenters. The van der Waals surface area contributed by atoms with Crippen LogP contribution >= 0.6 is 0 Å². The van der Waals surface area contributed by atoms with E-state index in [4.69, 9.17) is 4.74 Å². The van der Waals surface area contributed by atoms with Gasteiger partial charge in [0.2, 0.25) is 5.91 Å². The topological polar surface area (TPSA) is 74.8 Å². The first kappa shape index (κ1) is 24.7. The van der Waals surface area contributed by atoms with E-state index in [1.54, 1.807) is 17.3 Å². The number of hydrogen-bond acceptors (Lipinski definition) is 5. The highest BCUT2D eigenvalue weighted by atomic mass is 16.6. The Morgan fingerprint density at radius 2 is 1.91 bits per heavy atom. The summed E-state index contributed by atoms with van der Waals surface area (Å²) in [7, 11) is 0. The zero-order valence-electron chi connectivity index (χ0n) is 20.0. The molecule has 7 nitrogen and oxygen atoms in total. The predicted molar refractivity (Wildman–Crippen MR) is 128 cm³/mol. The van der Waals surface area contributed by atoms with Crippen molar-refractivity contribution < 1.29 is 14.3 Å². The molecular weight excluding hydrogens is 416 g/mol. The van der Waals surface area contributed by atoms with Crippen LogP contribution in [0.1, 0.15) is 51.2 Å². The Bertz CT molecular complexity index is 883. The number of carbonyl (C=O) groups excluding carboxylic acids is 2. The number of nitrogens with zero attached hydrogens (tertiary/aromatic N) is 3. The molecule has 3 rings (SSSR count). The number of carbonyl (C=O) groups is 2. The Morgan fingerprint density at radius 1 is 1.15 bits per heavy atom. The van der Waals surface area contributed by atoms with E-state index in [0.717, 1.165) is 31.5 Å². The second-order valence-corrected chi connectivity index (χ2v) is 9.52. The molecule has 178 valence electrons. The molecule has 1 aromatic heterocycles. The maximum Gasteiger partial charge on any atom is 0.410 e. The number of aromatic nitrogens is 1. The van der Waals surface area contributed by atoms with Gasteiger partial charge in [-0.2, -0.15) is 0 Å². The Balaban J connectivity index is 1.49. The lowest BCUT2D eigenvalue weighted by Gasteiger charge is -2.28. The molecule has 1 N–H and O–H groups in total. The van der Waals surface area contributed by atoms with Crippen LogP contribution in [0.5, 0.6) is 0 Å². The molecule has 1 aliphatic rings. The maximum atomic E-state index is 12.8. The predicted octanol–water partition coefficient (Wildman–Crippen LogP) is 3.99. The number of benzene rings is 1. The molecule has 0 aliphatic carbocycles. The minimum Gasteiger partial charge on any atom is -0.444 e. The molecule has 0 radical (unpaired) electrons. The van der Waals surface area contributed by atoms with E-state index >= 15 is 0 Å². The Morgan fingerprint density at radius 3 is 2.61 bits per heavy atom. The summed E-state index contributed by atoms with van der Waals surface area (Å²) in [6, 6.07) is 14.0. The first-order valence-corrected chi connectivity index (χ1v) is 11.7. The van der Waals surface area contributed by atoms with Crippen molar-refractivity contribution in [1.82, 2.24) is 20.1 Å². The number of amides is 2. The van der Waals surface area contributed by atoms with Crippen LogP contribution in [0, 0.1) is 0 Å². The van der Waals surface area contributed by atoms with Crippen molar-refractivity contribution in [3.05, 3.63) is 66.0 Å². The van der Waals surface area contributed by atoms with Crippen LogP contribution in [-0.4, -0.2) is 58.1 Å². The quantitative estimate of drug-likeness (QED) is 0.583. The van der Waals surface area contributed by atoms with Gasteiger partial charge in [0.05, 0.1) is 12.6 Å². The molecule has 1 unspecified atom stereocenters. The van der Waals surface area contributed by atoms with Crippen molar-refractivity contribution >= 4 is 12.0 Å². The normalized spacial score (nSPS) is 16.4. The van der Waals surface area contributed by atoms with Crippen molar-refractivity contribution in [3.8, 4) is 0 Å². The summed E-state index contributed by atoms with van der Waals surface area (Å²) in [5.74, 6) is 0.0690. The minimum absolute atomic E-state index is 0.0690. The van der Waals surface area contributed by atoms with Crippen molar-refractivity contribution in [3.63, 3.8) is 0 Å². The van der Waals surface area contributed by atoms with Crippen LogP contribution in [0.4, 0.5) is 4.79 Å².